The lowest BCUT2D eigenvalue weighted by Crippen LogP contribution is -2.31. The highest BCUT2D eigenvalue weighted by Gasteiger charge is 2.19. The van der Waals surface area contributed by atoms with Crippen LogP contribution in [0.3, 0.4) is 0 Å². The number of hydrogen-bond donors (Lipinski definition) is 1. The molecule has 5 nitrogen and oxygen atoms in total. The third-order valence-corrected chi connectivity index (χ3v) is 3.28. The maximum absolute atomic E-state index is 4.43. The molecule has 2 aromatic heterocycles. The second-order valence-corrected chi connectivity index (χ2v) is 4.53. The van der Waals surface area contributed by atoms with Crippen LogP contribution in [0.15, 0.2) is 24.7 Å². The fourth-order valence-corrected chi connectivity index (χ4v) is 2.41. The van der Waals surface area contributed by atoms with E-state index >= 15 is 0 Å². The van der Waals surface area contributed by atoms with E-state index in [9.17, 15) is 0 Å². The molecule has 1 fully saturated rings. The summed E-state index contributed by atoms with van der Waals surface area (Å²) in [6, 6.07) is 2.51. The molecule has 1 saturated heterocycles. The van der Waals surface area contributed by atoms with E-state index in [1.807, 2.05) is 30.2 Å². The summed E-state index contributed by atoms with van der Waals surface area (Å²) in [5.41, 5.74) is 0.947. The molecule has 0 amide bonds. The van der Waals surface area contributed by atoms with Gasteiger partial charge in [-0.1, -0.05) is 0 Å². The number of aromatic nitrogens is 4. The molecule has 0 aliphatic carbocycles. The second-order valence-electron chi connectivity index (χ2n) is 4.53. The molecular formula is C12H17N5. The summed E-state index contributed by atoms with van der Waals surface area (Å²) in [4.78, 5) is 4.43. The molecule has 3 heterocycles. The predicted octanol–water partition coefficient (Wildman–Crippen LogP) is 1.21. The molecule has 0 bridgehead atoms. The maximum Gasteiger partial charge on any atom is 0.160 e. The average molecular weight is 231 g/mol. The van der Waals surface area contributed by atoms with Crippen molar-refractivity contribution in [3.05, 3.63) is 24.7 Å². The average Bonchev–Trinajstić information content (AvgIpc) is 2.98. The minimum atomic E-state index is 0.503. The minimum absolute atomic E-state index is 0.503. The first-order chi connectivity index (χ1) is 8.34. The summed E-state index contributed by atoms with van der Waals surface area (Å²) in [7, 11) is 1.93. The van der Waals surface area contributed by atoms with E-state index in [2.05, 4.69) is 26.2 Å². The zero-order valence-electron chi connectivity index (χ0n) is 10.0. The van der Waals surface area contributed by atoms with Crippen molar-refractivity contribution in [1.82, 2.24) is 24.6 Å². The smallest absolute Gasteiger partial charge is 0.160 e. The highest BCUT2D eigenvalue weighted by Crippen LogP contribution is 2.23. The van der Waals surface area contributed by atoms with Crippen molar-refractivity contribution < 1.29 is 0 Å². The molecule has 0 spiro atoms. The van der Waals surface area contributed by atoms with Crippen LogP contribution < -0.4 is 5.32 Å². The topological polar surface area (TPSA) is 47.7 Å². The first-order valence-corrected chi connectivity index (χ1v) is 6.08. The number of rotatable bonds is 2. The Morgan fingerprint density at radius 2 is 2.35 bits per heavy atom. The number of piperidine rings is 1. The lowest BCUT2D eigenvalue weighted by atomic mass is 10.1. The second kappa shape index (κ2) is 4.33. The van der Waals surface area contributed by atoms with Crippen molar-refractivity contribution >= 4 is 0 Å². The number of aryl methyl sites for hydroxylation is 1. The summed E-state index contributed by atoms with van der Waals surface area (Å²) < 4.78 is 4.06. The summed E-state index contributed by atoms with van der Waals surface area (Å²) >= 11 is 0. The van der Waals surface area contributed by atoms with Gasteiger partial charge in [-0.3, -0.25) is 4.68 Å². The van der Waals surface area contributed by atoms with Crippen molar-refractivity contribution in [3.63, 3.8) is 0 Å². The van der Waals surface area contributed by atoms with Crippen LogP contribution in [0.5, 0.6) is 0 Å². The van der Waals surface area contributed by atoms with Gasteiger partial charge in [0.25, 0.3) is 0 Å². The van der Waals surface area contributed by atoms with E-state index < -0.39 is 0 Å². The molecule has 0 radical (unpaired) electrons. The van der Waals surface area contributed by atoms with Gasteiger partial charge < -0.3 is 9.88 Å². The number of nitrogens with zero attached hydrogens (tertiary/aromatic N) is 4. The van der Waals surface area contributed by atoms with Gasteiger partial charge in [-0.15, -0.1) is 0 Å². The normalized spacial score (nSPS) is 20.6. The number of hydrogen-bond acceptors (Lipinski definition) is 3. The van der Waals surface area contributed by atoms with E-state index in [0.29, 0.717) is 6.04 Å². The van der Waals surface area contributed by atoms with Crippen LogP contribution in [-0.4, -0.2) is 32.4 Å². The summed E-state index contributed by atoms with van der Waals surface area (Å²) in [5, 5.41) is 7.85. The SMILES string of the molecule is Cn1ccc(-c2nccn2[C@@H]2CCCNC2)n1. The molecule has 0 aromatic carbocycles. The molecule has 17 heavy (non-hydrogen) atoms. The molecule has 90 valence electrons. The minimum Gasteiger partial charge on any atom is -0.325 e. The van der Waals surface area contributed by atoms with E-state index in [-0.39, 0.29) is 0 Å². The molecule has 1 N–H and O–H groups in total. The predicted molar refractivity (Wildman–Crippen MR) is 65.6 cm³/mol. The Kier molecular flexibility index (Phi) is 2.68. The standard InChI is InChI=1S/C12H17N5/c1-16-7-4-11(15-16)12-14-6-8-17(12)10-3-2-5-13-9-10/h4,6-8,10,13H,2-3,5,9H2,1H3/t10-/m1/s1. The van der Waals surface area contributed by atoms with E-state index in [1.54, 1.807) is 0 Å². The van der Waals surface area contributed by atoms with E-state index in [0.717, 1.165) is 24.6 Å². The summed E-state index contributed by atoms with van der Waals surface area (Å²) in [5.74, 6) is 0.972. The van der Waals surface area contributed by atoms with Crippen molar-refractivity contribution in [2.24, 2.45) is 7.05 Å². The highest BCUT2D eigenvalue weighted by atomic mass is 15.3. The Morgan fingerprint density at radius 3 is 3.06 bits per heavy atom. The quantitative estimate of drug-likeness (QED) is 0.845. The fraction of sp³-hybridized carbons (Fsp3) is 0.500. The van der Waals surface area contributed by atoms with Crippen LogP contribution in [0.1, 0.15) is 18.9 Å². The first-order valence-electron chi connectivity index (χ1n) is 6.08. The molecule has 0 unspecified atom stereocenters. The lowest BCUT2D eigenvalue weighted by molar-refractivity contribution is 0.373. The Hall–Kier alpha value is -1.62. The van der Waals surface area contributed by atoms with Crippen molar-refractivity contribution in [1.29, 1.82) is 0 Å². The Morgan fingerprint density at radius 1 is 1.41 bits per heavy atom. The molecule has 1 aliphatic rings. The molecule has 5 heteroatoms. The van der Waals surface area contributed by atoms with Gasteiger partial charge in [-0.2, -0.15) is 5.10 Å². The Labute approximate surface area is 100 Å². The van der Waals surface area contributed by atoms with Gasteiger partial charge in [0.1, 0.15) is 5.69 Å². The van der Waals surface area contributed by atoms with Crippen molar-refractivity contribution in [3.8, 4) is 11.5 Å². The number of imidazole rings is 1. The molecule has 0 saturated carbocycles. The third-order valence-electron chi connectivity index (χ3n) is 3.28. The molecule has 3 rings (SSSR count). The lowest BCUT2D eigenvalue weighted by Gasteiger charge is -2.25. The fourth-order valence-electron chi connectivity index (χ4n) is 2.41. The van der Waals surface area contributed by atoms with Crippen LogP contribution in [-0.2, 0) is 7.05 Å². The Balaban J connectivity index is 1.93. The largest absolute Gasteiger partial charge is 0.325 e. The van der Waals surface area contributed by atoms with Gasteiger partial charge in [0.15, 0.2) is 5.82 Å². The molecule has 2 aromatic rings. The zero-order valence-corrected chi connectivity index (χ0v) is 10.0. The van der Waals surface area contributed by atoms with Crippen LogP contribution >= 0.6 is 0 Å². The Bertz CT molecular complexity index is 492. The van der Waals surface area contributed by atoms with Crippen LogP contribution in [0.25, 0.3) is 11.5 Å². The summed E-state index contributed by atoms with van der Waals surface area (Å²) in [6.45, 7) is 2.15. The van der Waals surface area contributed by atoms with Crippen LogP contribution in [0, 0.1) is 0 Å². The van der Waals surface area contributed by atoms with Crippen molar-refractivity contribution in [2.45, 2.75) is 18.9 Å². The van der Waals surface area contributed by atoms with Gasteiger partial charge in [0.2, 0.25) is 0 Å². The van der Waals surface area contributed by atoms with Gasteiger partial charge in [0, 0.05) is 38.2 Å². The van der Waals surface area contributed by atoms with Gasteiger partial charge in [-0.05, 0) is 25.5 Å². The zero-order chi connectivity index (χ0) is 11.7. The summed E-state index contributed by atoms with van der Waals surface area (Å²) in [6.07, 6.45) is 8.31. The van der Waals surface area contributed by atoms with Gasteiger partial charge in [-0.25, -0.2) is 4.98 Å². The first kappa shape index (κ1) is 10.5. The van der Waals surface area contributed by atoms with Crippen molar-refractivity contribution in [2.75, 3.05) is 13.1 Å². The monoisotopic (exact) mass is 231 g/mol. The maximum atomic E-state index is 4.43. The number of nitrogens with one attached hydrogen (secondary N) is 1. The van der Waals surface area contributed by atoms with Gasteiger partial charge in [0.05, 0.1) is 0 Å². The van der Waals surface area contributed by atoms with Crippen LogP contribution in [0.4, 0.5) is 0 Å². The molecular weight excluding hydrogens is 214 g/mol. The molecule has 1 aliphatic heterocycles. The van der Waals surface area contributed by atoms with Gasteiger partial charge >= 0.3 is 0 Å². The van der Waals surface area contributed by atoms with E-state index in [4.69, 9.17) is 0 Å². The van der Waals surface area contributed by atoms with E-state index in [1.165, 1.54) is 12.8 Å². The molecule has 1 atom stereocenters. The van der Waals surface area contributed by atoms with Crippen LogP contribution in [0.2, 0.25) is 0 Å². The highest BCUT2D eigenvalue weighted by molar-refractivity contribution is 5.49. The third kappa shape index (κ3) is 1.98.